The normalized spacial score (nSPS) is 13.1. The van der Waals surface area contributed by atoms with Gasteiger partial charge in [0.1, 0.15) is 4.83 Å². The van der Waals surface area contributed by atoms with Gasteiger partial charge in [-0.05, 0) is 44.5 Å². The van der Waals surface area contributed by atoms with Crippen LogP contribution in [0.1, 0.15) is 46.4 Å². The molecule has 1 aromatic carbocycles. The summed E-state index contributed by atoms with van der Waals surface area (Å²) in [5.41, 5.74) is 0.592. The molecule has 2 aromatic heterocycles. The molecule has 3 aromatic rings. The second-order valence-electron chi connectivity index (χ2n) is 6.43. The van der Waals surface area contributed by atoms with Crippen molar-refractivity contribution in [2.75, 3.05) is 6.54 Å². The highest BCUT2D eigenvalue weighted by Crippen LogP contribution is 2.33. The zero-order valence-electron chi connectivity index (χ0n) is 15.5. The van der Waals surface area contributed by atoms with Gasteiger partial charge in [-0.3, -0.25) is 9.48 Å². The zero-order valence-corrected chi connectivity index (χ0v) is 16.3. The van der Waals surface area contributed by atoms with Gasteiger partial charge in [0, 0.05) is 19.0 Å². The first-order valence-electron chi connectivity index (χ1n) is 8.54. The first kappa shape index (κ1) is 19.4. The number of rotatable bonds is 4. The maximum Gasteiger partial charge on any atom is 0.416 e. The van der Waals surface area contributed by atoms with E-state index in [1.165, 1.54) is 17.4 Å². The Kier molecular flexibility index (Phi) is 5.03. The summed E-state index contributed by atoms with van der Waals surface area (Å²) >= 11 is 1.35. The predicted molar refractivity (Wildman–Crippen MR) is 99.9 cm³/mol. The molecule has 0 saturated heterocycles. The van der Waals surface area contributed by atoms with Crippen molar-refractivity contribution < 1.29 is 18.0 Å². The molecular weight excluding hydrogens is 375 g/mol. The number of halogens is 3. The van der Waals surface area contributed by atoms with Crippen LogP contribution in [0.5, 0.6) is 0 Å². The highest BCUT2D eigenvalue weighted by Gasteiger charge is 2.31. The summed E-state index contributed by atoms with van der Waals surface area (Å²) < 4.78 is 40.8. The number of carbonyl (C=O) groups is 1. The average Bonchev–Trinajstić information content (AvgIpc) is 3.16. The van der Waals surface area contributed by atoms with Crippen molar-refractivity contribution >= 4 is 27.5 Å². The van der Waals surface area contributed by atoms with Crippen LogP contribution in [-0.4, -0.2) is 27.1 Å². The zero-order chi connectivity index (χ0) is 19.9. The first-order chi connectivity index (χ1) is 12.6. The lowest BCUT2D eigenvalue weighted by Crippen LogP contribution is -2.33. The summed E-state index contributed by atoms with van der Waals surface area (Å²) in [7, 11) is 1.82. The number of carbonyl (C=O) groups excluding carboxylic acids is 1. The Morgan fingerprint density at radius 3 is 2.63 bits per heavy atom. The Morgan fingerprint density at radius 2 is 2.04 bits per heavy atom. The number of aryl methyl sites for hydroxylation is 2. The maximum absolute atomic E-state index is 13.0. The van der Waals surface area contributed by atoms with Crippen molar-refractivity contribution in [1.82, 2.24) is 14.7 Å². The van der Waals surface area contributed by atoms with Crippen molar-refractivity contribution in [2.24, 2.45) is 7.05 Å². The Hall–Kier alpha value is -2.35. The molecule has 0 bridgehead atoms. The summed E-state index contributed by atoms with van der Waals surface area (Å²) in [6, 6.07) is 6.48. The molecule has 144 valence electrons. The topological polar surface area (TPSA) is 38.1 Å². The highest BCUT2D eigenvalue weighted by atomic mass is 32.1. The Bertz CT molecular complexity index is 955. The molecule has 0 radical (unpaired) electrons. The molecule has 1 unspecified atom stereocenters. The van der Waals surface area contributed by atoms with E-state index in [-0.39, 0.29) is 5.91 Å². The number of fused-ring (bicyclic) bond motifs is 1. The van der Waals surface area contributed by atoms with Gasteiger partial charge in [0.2, 0.25) is 0 Å². The SMILES string of the molecule is CCN(C(=O)c1cc2c(C)nn(C)c2s1)C(C)c1cccc(C(F)(F)F)c1. The van der Waals surface area contributed by atoms with Crippen molar-refractivity contribution in [2.45, 2.75) is 33.0 Å². The van der Waals surface area contributed by atoms with E-state index in [1.54, 1.807) is 22.6 Å². The van der Waals surface area contributed by atoms with E-state index in [0.717, 1.165) is 28.0 Å². The standard InChI is InChI=1S/C19H20F3N3OS/c1-5-25(12(3)13-7-6-8-14(9-13)19(20,21)22)17(26)16-10-15-11(2)23-24(4)18(15)27-16/h6-10,12H,5H2,1-4H3. The van der Waals surface area contributed by atoms with Gasteiger partial charge in [0.25, 0.3) is 5.91 Å². The molecule has 0 aliphatic heterocycles. The van der Waals surface area contributed by atoms with Crippen LogP contribution in [0.2, 0.25) is 0 Å². The number of amides is 1. The third kappa shape index (κ3) is 3.58. The minimum absolute atomic E-state index is 0.192. The minimum Gasteiger partial charge on any atom is -0.331 e. The highest BCUT2D eigenvalue weighted by molar-refractivity contribution is 7.20. The van der Waals surface area contributed by atoms with E-state index in [1.807, 2.05) is 27.0 Å². The molecule has 0 fully saturated rings. The number of thiophene rings is 1. The second-order valence-corrected chi connectivity index (χ2v) is 7.46. The maximum atomic E-state index is 13.0. The summed E-state index contributed by atoms with van der Waals surface area (Å²) in [4.78, 5) is 16.1. The predicted octanol–water partition coefficient (Wildman–Crippen LogP) is 5.19. The Morgan fingerprint density at radius 1 is 1.33 bits per heavy atom. The smallest absolute Gasteiger partial charge is 0.331 e. The summed E-state index contributed by atoms with van der Waals surface area (Å²) in [6.07, 6.45) is -4.41. The molecule has 8 heteroatoms. The molecule has 0 spiro atoms. The molecule has 3 rings (SSSR count). The quantitative estimate of drug-likeness (QED) is 0.610. The first-order valence-corrected chi connectivity index (χ1v) is 9.36. The van der Waals surface area contributed by atoms with E-state index in [0.29, 0.717) is 17.0 Å². The monoisotopic (exact) mass is 395 g/mol. The molecule has 0 saturated carbocycles. The van der Waals surface area contributed by atoms with Crippen LogP contribution < -0.4 is 0 Å². The summed E-state index contributed by atoms with van der Waals surface area (Å²) in [5, 5.41) is 5.25. The lowest BCUT2D eigenvalue weighted by Gasteiger charge is -2.28. The molecular formula is C19H20F3N3OS. The molecule has 1 amide bonds. The molecule has 0 aliphatic rings. The van der Waals surface area contributed by atoms with Gasteiger partial charge >= 0.3 is 6.18 Å². The van der Waals surface area contributed by atoms with Crippen LogP contribution >= 0.6 is 11.3 Å². The number of benzene rings is 1. The molecule has 4 nitrogen and oxygen atoms in total. The fourth-order valence-corrected chi connectivity index (χ4v) is 4.28. The molecule has 0 N–H and O–H groups in total. The summed E-state index contributed by atoms with van der Waals surface area (Å²) in [6.45, 7) is 5.84. The van der Waals surface area contributed by atoms with Gasteiger partial charge in [-0.25, -0.2) is 0 Å². The lowest BCUT2D eigenvalue weighted by molar-refractivity contribution is -0.137. The Labute approximate surface area is 159 Å². The van der Waals surface area contributed by atoms with E-state index in [4.69, 9.17) is 0 Å². The largest absolute Gasteiger partial charge is 0.416 e. The van der Waals surface area contributed by atoms with Gasteiger partial charge in [0.05, 0.1) is 22.2 Å². The minimum atomic E-state index is -4.41. The number of aromatic nitrogens is 2. The number of hydrogen-bond acceptors (Lipinski definition) is 3. The molecule has 1 atom stereocenters. The summed E-state index contributed by atoms with van der Waals surface area (Å²) in [5.74, 6) is -0.192. The fourth-order valence-electron chi connectivity index (χ4n) is 3.20. The third-order valence-corrected chi connectivity index (χ3v) is 5.86. The van der Waals surface area contributed by atoms with Gasteiger partial charge in [-0.2, -0.15) is 18.3 Å². The van der Waals surface area contributed by atoms with E-state index < -0.39 is 17.8 Å². The fraction of sp³-hybridized carbons (Fsp3) is 0.368. The van der Waals surface area contributed by atoms with Gasteiger partial charge < -0.3 is 4.90 Å². The van der Waals surface area contributed by atoms with Crippen LogP contribution in [0.4, 0.5) is 13.2 Å². The molecule has 2 heterocycles. The van der Waals surface area contributed by atoms with Crippen LogP contribution in [0.15, 0.2) is 30.3 Å². The van der Waals surface area contributed by atoms with Crippen LogP contribution in [-0.2, 0) is 13.2 Å². The van der Waals surface area contributed by atoms with Crippen molar-refractivity contribution in [3.8, 4) is 0 Å². The number of hydrogen-bond donors (Lipinski definition) is 0. The number of nitrogens with zero attached hydrogens (tertiary/aromatic N) is 3. The van der Waals surface area contributed by atoms with Crippen molar-refractivity contribution in [3.05, 3.63) is 52.0 Å². The lowest BCUT2D eigenvalue weighted by atomic mass is 10.0. The van der Waals surface area contributed by atoms with Gasteiger partial charge in [-0.15, -0.1) is 11.3 Å². The van der Waals surface area contributed by atoms with Crippen LogP contribution in [0, 0.1) is 6.92 Å². The molecule has 0 aliphatic carbocycles. The van der Waals surface area contributed by atoms with E-state index >= 15 is 0 Å². The Balaban J connectivity index is 1.93. The van der Waals surface area contributed by atoms with Crippen molar-refractivity contribution in [3.63, 3.8) is 0 Å². The third-order valence-electron chi connectivity index (χ3n) is 4.67. The number of alkyl halides is 3. The van der Waals surface area contributed by atoms with Gasteiger partial charge in [-0.1, -0.05) is 12.1 Å². The van der Waals surface area contributed by atoms with Crippen molar-refractivity contribution in [1.29, 1.82) is 0 Å². The van der Waals surface area contributed by atoms with Crippen LogP contribution in [0.3, 0.4) is 0 Å². The second kappa shape index (κ2) is 6.99. The van der Waals surface area contributed by atoms with Crippen LogP contribution in [0.25, 0.3) is 10.2 Å². The van der Waals surface area contributed by atoms with E-state index in [2.05, 4.69) is 5.10 Å². The molecule has 27 heavy (non-hydrogen) atoms. The van der Waals surface area contributed by atoms with E-state index in [9.17, 15) is 18.0 Å². The average molecular weight is 395 g/mol. The van der Waals surface area contributed by atoms with Gasteiger partial charge in [0.15, 0.2) is 0 Å².